The van der Waals surface area contributed by atoms with Crippen molar-refractivity contribution >= 4 is 23.2 Å². The molecule has 0 spiro atoms. The van der Waals surface area contributed by atoms with E-state index in [4.69, 9.17) is 32.7 Å². The van der Waals surface area contributed by atoms with Gasteiger partial charge < -0.3 is 9.47 Å². The fourth-order valence-electron chi connectivity index (χ4n) is 4.46. The summed E-state index contributed by atoms with van der Waals surface area (Å²) in [5.41, 5.74) is 3.57. The predicted octanol–water partition coefficient (Wildman–Crippen LogP) is 7.56. The van der Waals surface area contributed by atoms with Gasteiger partial charge in [0.2, 0.25) is 0 Å². The van der Waals surface area contributed by atoms with Gasteiger partial charge in [0, 0.05) is 12.6 Å². The lowest BCUT2D eigenvalue weighted by atomic mass is 9.96. The van der Waals surface area contributed by atoms with Gasteiger partial charge in [-0.15, -0.1) is 0 Å². The van der Waals surface area contributed by atoms with Crippen LogP contribution in [0.3, 0.4) is 0 Å². The number of hydrogen-bond donors (Lipinski definition) is 0. The van der Waals surface area contributed by atoms with Gasteiger partial charge in [-0.25, -0.2) is 0 Å². The number of hydrogen-bond acceptors (Lipinski definition) is 3. The van der Waals surface area contributed by atoms with Gasteiger partial charge in [-0.1, -0.05) is 114 Å². The monoisotopic (exact) mass is 489 g/mol. The van der Waals surface area contributed by atoms with Gasteiger partial charge in [0.15, 0.2) is 0 Å². The van der Waals surface area contributed by atoms with Crippen LogP contribution in [-0.4, -0.2) is 24.2 Å². The summed E-state index contributed by atoms with van der Waals surface area (Å²) in [6.45, 7) is 1.13. The Morgan fingerprint density at radius 3 is 1.94 bits per heavy atom. The van der Waals surface area contributed by atoms with E-state index in [9.17, 15) is 0 Å². The molecule has 5 heteroatoms. The van der Waals surface area contributed by atoms with Crippen molar-refractivity contribution in [2.24, 2.45) is 0 Å². The summed E-state index contributed by atoms with van der Waals surface area (Å²) in [5, 5.41) is 0.985. The van der Waals surface area contributed by atoms with Crippen LogP contribution in [0.4, 0.5) is 0 Å². The third-order valence-electron chi connectivity index (χ3n) is 6.01. The summed E-state index contributed by atoms with van der Waals surface area (Å²) < 4.78 is 12.7. The van der Waals surface area contributed by atoms with Crippen molar-refractivity contribution in [1.82, 2.24) is 4.90 Å². The van der Waals surface area contributed by atoms with Crippen LogP contribution in [0.5, 0.6) is 5.75 Å². The average Bonchev–Trinajstić information content (AvgIpc) is 3.30. The Morgan fingerprint density at radius 2 is 1.35 bits per heavy atom. The summed E-state index contributed by atoms with van der Waals surface area (Å²) in [6, 6.07) is 36.9. The molecule has 5 rings (SSSR count). The molecule has 34 heavy (non-hydrogen) atoms. The lowest BCUT2D eigenvalue weighted by Gasteiger charge is -2.32. The van der Waals surface area contributed by atoms with Gasteiger partial charge in [0.25, 0.3) is 0 Å². The van der Waals surface area contributed by atoms with Crippen molar-refractivity contribution < 1.29 is 9.47 Å². The molecule has 2 atom stereocenters. The predicted molar refractivity (Wildman–Crippen MR) is 137 cm³/mol. The molecular weight excluding hydrogens is 465 g/mol. The van der Waals surface area contributed by atoms with Gasteiger partial charge >= 0.3 is 0 Å². The van der Waals surface area contributed by atoms with Gasteiger partial charge in [-0.05, 0) is 28.8 Å². The van der Waals surface area contributed by atoms with Crippen LogP contribution in [0.1, 0.15) is 29.0 Å². The molecule has 0 N–H and O–H groups in total. The first kappa shape index (κ1) is 22.9. The maximum absolute atomic E-state index is 6.60. The van der Waals surface area contributed by atoms with Crippen LogP contribution in [0.25, 0.3) is 0 Å². The molecular formula is C29H25Cl2NO2. The molecule has 1 fully saturated rings. The molecule has 1 aliphatic rings. The van der Waals surface area contributed by atoms with E-state index >= 15 is 0 Å². The number of ether oxygens (including phenoxy) is 2. The highest BCUT2D eigenvalue weighted by molar-refractivity contribution is 6.42. The normalized spacial score (nSPS) is 18.3. The molecule has 0 aromatic heterocycles. The molecule has 0 aliphatic carbocycles. The largest absolute Gasteiger partial charge is 0.491 e. The molecule has 1 heterocycles. The van der Waals surface area contributed by atoms with Crippen molar-refractivity contribution in [2.75, 3.05) is 13.2 Å². The Balaban J connectivity index is 1.45. The molecule has 1 aliphatic heterocycles. The standard InChI is InChI=1S/C29H25Cl2NO2/c30-26-17-16-24(18-27(26)31)33-20-25-19-32(29(34-25)23-14-8-3-9-15-23)28(21-10-4-1-5-11-21)22-12-6-2-7-13-22/h1-18,25,28-29H,19-20H2. The third-order valence-corrected chi connectivity index (χ3v) is 6.75. The molecule has 0 amide bonds. The molecule has 0 radical (unpaired) electrons. The minimum absolute atomic E-state index is 0.0441. The van der Waals surface area contributed by atoms with Gasteiger partial charge in [-0.2, -0.15) is 0 Å². The van der Waals surface area contributed by atoms with Gasteiger partial charge in [0.05, 0.1) is 16.1 Å². The molecule has 0 saturated carbocycles. The molecule has 1 saturated heterocycles. The summed E-state index contributed by atoms with van der Waals surface area (Å²) >= 11 is 12.2. The van der Waals surface area contributed by atoms with E-state index in [0.29, 0.717) is 22.4 Å². The highest BCUT2D eigenvalue weighted by Gasteiger charge is 2.39. The molecule has 4 aromatic carbocycles. The zero-order chi connectivity index (χ0) is 23.3. The average molecular weight is 490 g/mol. The maximum Gasteiger partial charge on any atom is 0.138 e. The van der Waals surface area contributed by atoms with Crippen molar-refractivity contribution in [3.8, 4) is 5.75 Å². The lowest BCUT2D eigenvalue weighted by molar-refractivity contribution is -0.0234. The van der Waals surface area contributed by atoms with E-state index in [1.165, 1.54) is 11.1 Å². The van der Waals surface area contributed by atoms with Crippen molar-refractivity contribution in [3.63, 3.8) is 0 Å². The summed E-state index contributed by atoms with van der Waals surface area (Å²) in [5.74, 6) is 0.676. The molecule has 4 aromatic rings. The highest BCUT2D eigenvalue weighted by atomic mass is 35.5. The first-order chi connectivity index (χ1) is 16.7. The molecule has 2 unspecified atom stereocenters. The number of nitrogens with zero attached hydrogens (tertiary/aromatic N) is 1. The zero-order valence-corrected chi connectivity index (χ0v) is 20.1. The fraction of sp³-hybridized carbons (Fsp3) is 0.172. The van der Waals surface area contributed by atoms with E-state index in [0.717, 1.165) is 12.1 Å². The van der Waals surface area contributed by atoms with Crippen LogP contribution in [0.15, 0.2) is 109 Å². The van der Waals surface area contributed by atoms with E-state index in [1.54, 1.807) is 12.1 Å². The van der Waals surface area contributed by atoms with E-state index in [1.807, 2.05) is 12.1 Å². The van der Waals surface area contributed by atoms with Crippen LogP contribution >= 0.6 is 23.2 Å². The Morgan fingerprint density at radius 1 is 0.765 bits per heavy atom. The number of benzene rings is 4. The van der Waals surface area contributed by atoms with Crippen LogP contribution in [0.2, 0.25) is 10.0 Å². The number of rotatable bonds is 7. The second-order valence-electron chi connectivity index (χ2n) is 8.33. The van der Waals surface area contributed by atoms with E-state index in [-0.39, 0.29) is 18.4 Å². The Labute approximate surface area is 210 Å². The maximum atomic E-state index is 6.60. The summed E-state index contributed by atoms with van der Waals surface area (Å²) in [6.07, 6.45) is -0.316. The Kier molecular flexibility index (Phi) is 7.17. The first-order valence-corrected chi connectivity index (χ1v) is 12.1. The first-order valence-electron chi connectivity index (χ1n) is 11.3. The third kappa shape index (κ3) is 5.13. The minimum atomic E-state index is -0.200. The van der Waals surface area contributed by atoms with Gasteiger partial charge in [-0.3, -0.25) is 4.90 Å². The summed E-state index contributed by atoms with van der Waals surface area (Å²) in [7, 11) is 0. The molecule has 172 valence electrons. The quantitative estimate of drug-likeness (QED) is 0.267. The number of halogens is 2. The second-order valence-corrected chi connectivity index (χ2v) is 9.14. The van der Waals surface area contributed by atoms with E-state index in [2.05, 4.69) is 89.8 Å². The van der Waals surface area contributed by atoms with Crippen LogP contribution in [-0.2, 0) is 4.74 Å². The van der Waals surface area contributed by atoms with Gasteiger partial charge in [0.1, 0.15) is 24.7 Å². The zero-order valence-electron chi connectivity index (χ0n) is 18.6. The second kappa shape index (κ2) is 10.6. The van der Waals surface area contributed by atoms with Crippen LogP contribution in [0, 0.1) is 0 Å². The SMILES string of the molecule is Clc1ccc(OCC2CN(C(c3ccccc3)c3ccccc3)C(c3ccccc3)O2)cc1Cl. The van der Waals surface area contributed by atoms with Crippen LogP contribution < -0.4 is 4.74 Å². The Hall–Kier alpha value is -2.82. The van der Waals surface area contributed by atoms with Crippen molar-refractivity contribution in [3.05, 3.63) is 136 Å². The van der Waals surface area contributed by atoms with E-state index < -0.39 is 0 Å². The smallest absolute Gasteiger partial charge is 0.138 e. The fourth-order valence-corrected chi connectivity index (χ4v) is 4.74. The van der Waals surface area contributed by atoms with Crippen molar-refractivity contribution in [1.29, 1.82) is 0 Å². The summed E-state index contributed by atoms with van der Waals surface area (Å²) in [4.78, 5) is 2.42. The lowest BCUT2D eigenvalue weighted by Crippen LogP contribution is -2.31. The molecule has 0 bridgehead atoms. The topological polar surface area (TPSA) is 21.7 Å². The minimum Gasteiger partial charge on any atom is -0.491 e. The Bertz CT molecular complexity index is 1170. The molecule has 3 nitrogen and oxygen atoms in total. The highest BCUT2D eigenvalue weighted by Crippen LogP contribution is 2.41. The van der Waals surface area contributed by atoms with Crippen molar-refractivity contribution in [2.45, 2.75) is 18.4 Å².